The lowest BCUT2D eigenvalue weighted by molar-refractivity contribution is -0.151. The molecule has 51 heavy (non-hydrogen) atoms. The summed E-state index contributed by atoms with van der Waals surface area (Å²) in [7, 11) is -1.74. The average molecular weight is 714 g/mol. The van der Waals surface area contributed by atoms with Crippen molar-refractivity contribution >= 4 is 43.4 Å². The third kappa shape index (κ3) is 6.97. The van der Waals surface area contributed by atoms with Crippen LogP contribution in [0.4, 0.5) is 11.4 Å². The van der Waals surface area contributed by atoms with E-state index in [4.69, 9.17) is 9.47 Å². The second-order valence-corrected chi connectivity index (χ2v) is 18.4. The first kappa shape index (κ1) is 36.4. The maximum Gasteiger partial charge on any atom is 0.305 e. The maximum absolute atomic E-state index is 14.8. The van der Waals surface area contributed by atoms with E-state index in [0.717, 1.165) is 11.1 Å². The lowest BCUT2D eigenvalue weighted by Gasteiger charge is -2.37. The second-order valence-electron chi connectivity index (χ2n) is 14.4. The van der Waals surface area contributed by atoms with E-state index < -0.39 is 37.5 Å². The number of benzene rings is 3. The minimum absolute atomic E-state index is 0.0708. The summed E-state index contributed by atoms with van der Waals surface area (Å²) >= 11 is 0. The van der Waals surface area contributed by atoms with Gasteiger partial charge in [-0.05, 0) is 73.8 Å². The Bertz CT molecular complexity index is 1800. The third-order valence-electron chi connectivity index (χ3n) is 10.8. The van der Waals surface area contributed by atoms with Crippen LogP contribution in [0.1, 0.15) is 59.7 Å². The highest BCUT2D eigenvalue weighted by atomic mass is 28.4. The molecule has 270 valence electrons. The largest absolute Gasteiger partial charge is 0.469 e. The van der Waals surface area contributed by atoms with Gasteiger partial charge >= 0.3 is 5.97 Å². The Morgan fingerprint density at radius 2 is 1.73 bits per heavy atom. The number of methoxy groups -OCH3 is 1. The number of amides is 3. The van der Waals surface area contributed by atoms with Crippen LogP contribution in [0.5, 0.6) is 0 Å². The van der Waals surface area contributed by atoms with Crippen LogP contribution in [0, 0.1) is 5.92 Å². The number of fused-ring (bicyclic) bond motifs is 3. The van der Waals surface area contributed by atoms with Crippen LogP contribution in [-0.4, -0.2) is 79.2 Å². The van der Waals surface area contributed by atoms with Crippen molar-refractivity contribution in [2.75, 3.05) is 30.5 Å². The summed E-state index contributed by atoms with van der Waals surface area (Å²) in [5.74, 6) is -1.66. The lowest BCUT2D eigenvalue weighted by atomic mass is 9.82. The molecule has 3 aromatic carbocycles. The molecule has 1 fully saturated rings. The number of carbonyl (C=O) groups excluding carboxylic acids is 4. The Hall–Kier alpha value is -4.36. The quantitative estimate of drug-likeness (QED) is 0.147. The highest BCUT2D eigenvalue weighted by Gasteiger charge is 2.66. The van der Waals surface area contributed by atoms with Crippen LogP contribution in [0.15, 0.2) is 72.8 Å². The van der Waals surface area contributed by atoms with Crippen molar-refractivity contribution in [3.05, 3.63) is 95.1 Å². The van der Waals surface area contributed by atoms with Crippen LogP contribution >= 0.6 is 0 Å². The van der Waals surface area contributed by atoms with Gasteiger partial charge in [0.25, 0.3) is 11.8 Å². The van der Waals surface area contributed by atoms with Gasteiger partial charge in [-0.15, -0.1) is 0 Å². The van der Waals surface area contributed by atoms with Crippen molar-refractivity contribution in [2.45, 2.75) is 82.0 Å². The van der Waals surface area contributed by atoms with Crippen molar-refractivity contribution in [1.29, 1.82) is 0 Å². The number of hydrogen-bond donors (Lipinski definition) is 3. The Morgan fingerprint density at radius 3 is 2.41 bits per heavy atom. The maximum atomic E-state index is 14.8. The monoisotopic (exact) mass is 713 g/mol. The molecule has 11 nitrogen and oxygen atoms in total. The van der Waals surface area contributed by atoms with Gasteiger partial charge in [-0.1, -0.05) is 49.4 Å². The SMILES string of the molecule is COC(=O)CCCCN1C(=O)[C@@]2(O[C@@H](CC(=O)N3Cc4ccccc4C[C@H]3CO)[C@H]([Si](C)(C)O)[C@H]2C)c2cc(NC(=O)c3ccccc3)ccc21. The molecule has 5 atom stereocenters. The number of esters is 1. The number of unbranched alkanes of at least 4 members (excludes halogenated alkanes) is 1. The first-order valence-electron chi connectivity index (χ1n) is 17.7. The van der Waals surface area contributed by atoms with E-state index >= 15 is 0 Å². The van der Waals surface area contributed by atoms with Gasteiger partial charge in [0, 0.05) is 47.8 Å². The first-order valence-corrected chi connectivity index (χ1v) is 20.7. The molecule has 0 aromatic heterocycles. The second kappa shape index (κ2) is 14.7. The molecule has 0 saturated carbocycles. The summed E-state index contributed by atoms with van der Waals surface area (Å²) in [4.78, 5) is 69.1. The fourth-order valence-corrected chi connectivity index (χ4v) is 10.9. The molecular formula is C39H47N3O8Si. The molecule has 3 aromatic rings. The van der Waals surface area contributed by atoms with E-state index in [0.29, 0.717) is 54.9 Å². The Balaban J connectivity index is 1.34. The highest BCUT2D eigenvalue weighted by molar-refractivity contribution is 6.71. The van der Waals surface area contributed by atoms with Crippen molar-refractivity contribution < 1.29 is 38.6 Å². The normalized spacial score (nSPS) is 24.0. The fraction of sp³-hybridized carbons (Fsp3) is 0.436. The molecule has 0 radical (unpaired) electrons. The molecule has 3 N–H and O–H groups in total. The van der Waals surface area contributed by atoms with Crippen LogP contribution in [0.2, 0.25) is 18.6 Å². The van der Waals surface area contributed by atoms with Crippen LogP contribution < -0.4 is 10.2 Å². The van der Waals surface area contributed by atoms with E-state index in [9.17, 15) is 29.1 Å². The summed E-state index contributed by atoms with van der Waals surface area (Å²) < 4.78 is 11.7. The molecule has 12 heteroatoms. The van der Waals surface area contributed by atoms with Gasteiger partial charge in [0.2, 0.25) is 5.91 Å². The predicted molar refractivity (Wildman–Crippen MR) is 194 cm³/mol. The fourth-order valence-electron chi connectivity index (χ4n) is 8.34. The molecule has 1 saturated heterocycles. The van der Waals surface area contributed by atoms with Gasteiger partial charge in [0.05, 0.1) is 38.0 Å². The van der Waals surface area contributed by atoms with Gasteiger partial charge < -0.3 is 34.5 Å². The van der Waals surface area contributed by atoms with Gasteiger partial charge in [0.1, 0.15) is 0 Å². The van der Waals surface area contributed by atoms with E-state index in [-0.39, 0.29) is 43.1 Å². The molecular weight excluding hydrogens is 667 g/mol. The number of aliphatic hydroxyl groups is 1. The summed E-state index contributed by atoms with van der Waals surface area (Å²) in [5, 5.41) is 13.2. The van der Waals surface area contributed by atoms with E-state index in [1.165, 1.54) is 7.11 Å². The van der Waals surface area contributed by atoms with Crippen LogP contribution in [-0.2, 0) is 42.4 Å². The summed E-state index contributed by atoms with van der Waals surface area (Å²) in [6.45, 7) is 6.00. The highest BCUT2D eigenvalue weighted by Crippen LogP contribution is 2.60. The van der Waals surface area contributed by atoms with Crippen molar-refractivity contribution in [1.82, 2.24) is 4.90 Å². The van der Waals surface area contributed by atoms with E-state index in [1.54, 1.807) is 52.3 Å². The number of hydrogen-bond acceptors (Lipinski definition) is 8. The van der Waals surface area contributed by atoms with Crippen molar-refractivity contribution in [3.8, 4) is 0 Å². The smallest absolute Gasteiger partial charge is 0.305 e. The number of anilines is 2. The molecule has 0 aliphatic carbocycles. The van der Waals surface area contributed by atoms with E-state index in [2.05, 4.69) is 5.32 Å². The third-order valence-corrected chi connectivity index (χ3v) is 13.3. The van der Waals surface area contributed by atoms with Crippen LogP contribution in [0.25, 0.3) is 0 Å². The van der Waals surface area contributed by atoms with Crippen molar-refractivity contribution in [2.24, 2.45) is 5.92 Å². The Labute approximate surface area is 299 Å². The summed E-state index contributed by atoms with van der Waals surface area (Å²) in [6, 6.07) is 21.6. The van der Waals surface area contributed by atoms with Gasteiger partial charge in [-0.3, -0.25) is 19.2 Å². The molecule has 1 spiro atoms. The first-order chi connectivity index (χ1) is 24.4. The minimum atomic E-state index is -3.08. The number of nitrogens with zero attached hydrogens (tertiary/aromatic N) is 2. The standard InChI is InChI=1S/C39H47N3O8Si/c1-25-36(51(3,4)48)33(22-34(44)42-23-28-15-9-8-14-27(28)20-30(42)24-43)50-39(25)31-21-29(40-37(46)26-12-6-5-7-13-26)17-18-32(31)41(38(39)47)19-11-10-16-35(45)49-2/h5-9,12-15,17-18,21,25,30,33,36,43,48H,10-11,16,19-20,22-24H2,1-4H3,(H,40,46)/t25-,30+,33+,36-,39+/m1/s1. The lowest BCUT2D eigenvalue weighted by Crippen LogP contribution is -2.48. The molecule has 0 bridgehead atoms. The predicted octanol–water partition coefficient (Wildman–Crippen LogP) is 4.76. The van der Waals surface area contributed by atoms with E-state index in [1.807, 2.05) is 50.3 Å². The molecule has 0 unspecified atom stereocenters. The molecule has 6 rings (SSSR count). The van der Waals surface area contributed by atoms with Gasteiger partial charge in [-0.2, -0.15) is 0 Å². The van der Waals surface area contributed by atoms with Gasteiger partial charge in [0.15, 0.2) is 13.9 Å². The Morgan fingerprint density at radius 1 is 1.02 bits per heavy atom. The summed E-state index contributed by atoms with van der Waals surface area (Å²) in [6.07, 6.45) is 0.944. The Kier molecular flexibility index (Phi) is 10.5. The molecule has 3 heterocycles. The molecule has 3 amide bonds. The minimum Gasteiger partial charge on any atom is -0.469 e. The van der Waals surface area contributed by atoms with Crippen LogP contribution in [0.3, 0.4) is 0 Å². The van der Waals surface area contributed by atoms with Gasteiger partial charge in [-0.25, -0.2) is 0 Å². The zero-order valence-corrected chi connectivity index (χ0v) is 30.6. The number of carbonyl (C=O) groups is 4. The number of aliphatic hydroxyl groups excluding tert-OH is 1. The topological polar surface area (TPSA) is 146 Å². The summed E-state index contributed by atoms with van der Waals surface area (Å²) in [5.41, 5.74) is 2.25. The molecule has 3 aliphatic heterocycles. The number of rotatable bonds is 11. The average Bonchev–Trinajstić information content (AvgIpc) is 3.55. The molecule has 3 aliphatic rings. The zero-order valence-electron chi connectivity index (χ0n) is 29.6. The zero-order chi connectivity index (χ0) is 36.5. The number of nitrogens with one attached hydrogen (secondary N) is 1. The van der Waals surface area contributed by atoms with Crippen molar-refractivity contribution in [3.63, 3.8) is 0 Å². The number of ether oxygens (including phenoxy) is 2.